The van der Waals surface area contributed by atoms with Crippen molar-refractivity contribution in [1.82, 2.24) is 4.98 Å². The Morgan fingerprint density at radius 3 is 2.72 bits per heavy atom. The average Bonchev–Trinajstić information content (AvgIpc) is 2.58. The second-order valence-electron chi connectivity index (χ2n) is 5.55. The summed E-state index contributed by atoms with van der Waals surface area (Å²) < 4.78 is 10.6. The fourth-order valence-electron chi connectivity index (χ4n) is 2.40. The highest BCUT2D eigenvalue weighted by Gasteiger charge is 2.14. The first-order valence-electron chi connectivity index (χ1n) is 7.38. The molecule has 3 aromatic rings. The van der Waals surface area contributed by atoms with E-state index in [1.54, 1.807) is 0 Å². The van der Waals surface area contributed by atoms with Crippen molar-refractivity contribution in [2.24, 2.45) is 0 Å². The Morgan fingerprint density at radius 2 is 2.00 bits per heavy atom. The zero-order valence-electron chi connectivity index (χ0n) is 13.4. The lowest BCUT2D eigenvalue weighted by molar-refractivity contribution is 0.0473. The molecule has 25 heavy (non-hydrogen) atoms. The van der Waals surface area contributed by atoms with Gasteiger partial charge >= 0.3 is 11.6 Å². The quantitative estimate of drug-likeness (QED) is 0.382. The van der Waals surface area contributed by atoms with Crippen LogP contribution in [0.25, 0.3) is 11.0 Å². The highest BCUT2D eigenvalue weighted by Crippen LogP contribution is 2.24. The van der Waals surface area contributed by atoms with Crippen LogP contribution in [0.2, 0.25) is 10.2 Å². The number of hydrogen-bond acceptors (Lipinski definition) is 5. The van der Waals surface area contributed by atoms with Gasteiger partial charge in [0.2, 0.25) is 0 Å². The molecule has 2 aromatic heterocycles. The van der Waals surface area contributed by atoms with E-state index in [0.29, 0.717) is 11.1 Å². The van der Waals surface area contributed by atoms with E-state index in [2.05, 4.69) is 4.98 Å². The number of hydrogen-bond donors (Lipinski definition) is 0. The van der Waals surface area contributed by atoms with Gasteiger partial charge in [0.25, 0.3) is 0 Å². The molecule has 5 nitrogen and oxygen atoms in total. The van der Waals surface area contributed by atoms with Gasteiger partial charge in [-0.25, -0.2) is 14.6 Å². The molecular weight excluding hydrogens is 365 g/mol. The van der Waals surface area contributed by atoms with Crippen LogP contribution < -0.4 is 5.63 Å². The SMILES string of the molecule is Cc1ccc2c(COC(=O)c3cnc(Cl)c(Cl)c3)cc(=O)oc2c1C. The number of halogens is 2. The predicted molar refractivity (Wildman–Crippen MR) is 95.3 cm³/mol. The third-order valence-electron chi connectivity index (χ3n) is 3.91. The molecule has 0 unspecified atom stereocenters. The third-order valence-corrected chi connectivity index (χ3v) is 4.59. The lowest BCUT2D eigenvalue weighted by Gasteiger charge is -2.10. The van der Waals surface area contributed by atoms with Crippen molar-refractivity contribution in [3.63, 3.8) is 0 Å². The molecule has 0 atom stereocenters. The molecule has 0 aliphatic rings. The van der Waals surface area contributed by atoms with Crippen molar-refractivity contribution in [2.45, 2.75) is 20.5 Å². The monoisotopic (exact) mass is 377 g/mol. The Bertz CT molecular complexity index is 1040. The van der Waals surface area contributed by atoms with Crippen LogP contribution in [-0.4, -0.2) is 11.0 Å². The number of fused-ring (bicyclic) bond motifs is 1. The number of esters is 1. The minimum Gasteiger partial charge on any atom is -0.457 e. The largest absolute Gasteiger partial charge is 0.457 e. The molecule has 0 aliphatic carbocycles. The molecule has 3 rings (SSSR count). The van der Waals surface area contributed by atoms with E-state index >= 15 is 0 Å². The van der Waals surface area contributed by atoms with E-state index in [-0.39, 0.29) is 22.3 Å². The summed E-state index contributed by atoms with van der Waals surface area (Å²) in [6.45, 7) is 3.72. The molecule has 128 valence electrons. The van der Waals surface area contributed by atoms with Gasteiger partial charge in [-0.2, -0.15) is 0 Å². The number of ether oxygens (including phenoxy) is 1. The standard InChI is InChI=1S/C18H13Cl2NO4/c1-9-3-4-13-12(6-15(22)25-16(13)10(9)2)8-24-18(23)11-5-14(19)17(20)21-7-11/h3-7H,8H2,1-2H3. The number of pyridine rings is 1. The first kappa shape index (κ1) is 17.5. The van der Waals surface area contributed by atoms with Crippen molar-refractivity contribution >= 4 is 40.1 Å². The van der Waals surface area contributed by atoms with Crippen LogP contribution in [-0.2, 0) is 11.3 Å². The third kappa shape index (κ3) is 3.52. The lowest BCUT2D eigenvalue weighted by Crippen LogP contribution is -2.09. The highest BCUT2D eigenvalue weighted by atomic mass is 35.5. The Kier molecular flexibility index (Phi) is 4.79. The summed E-state index contributed by atoms with van der Waals surface area (Å²) in [5, 5.41) is 0.992. The van der Waals surface area contributed by atoms with Gasteiger partial charge in [0.05, 0.1) is 10.6 Å². The number of aryl methyl sites for hydroxylation is 2. The first-order valence-corrected chi connectivity index (χ1v) is 8.13. The zero-order chi connectivity index (χ0) is 18.1. The summed E-state index contributed by atoms with van der Waals surface area (Å²) in [6.07, 6.45) is 1.28. The van der Waals surface area contributed by atoms with Crippen molar-refractivity contribution < 1.29 is 13.9 Å². The minimum absolute atomic E-state index is 0.0797. The second-order valence-corrected chi connectivity index (χ2v) is 6.31. The summed E-state index contributed by atoms with van der Waals surface area (Å²) in [4.78, 5) is 27.8. The fourth-order valence-corrected chi connectivity index (χ4v) is 2.67. The van der Waals surface area contributed by atoms with Crippen LogP contribution in [0, 0.1) is 13.8 Å². The Morgan fingerprint density at radius 1 is 1.24 bits per heavy atom. The van der Waals surface area contributed by atoms with E-state index in [4.69, 9.17) is 32.4 Å². The number of carbonyl (C=O) groups excluding carboxylic acids is 1. The number of carbonyl (C=O) groups is 1. The Balaban J connectivity index is 1.90. The number of benzene rings is 1. The van der Waals surface area contributed by atoms with Gasteiger partial charge in [0, 0.05) is 23.2 Å². The van der Waals surface area contributed by atoms with E-state index in [1.165, 1.54) is 18.3 Å². The molecule has 0 N–H and O–H groups in total. The second kappa shape index (κ2) is 6.86. The smallest absolute Gasteiger partial charge is 0.340 e. The molecule has 0 saturated heterocycles. The fraction of sp³-hybridized carbons (Fsp3) is 0.167. The van der Waals surface area contributed by atoms with Crippen LogP contribution in [0.3, 0.4) is 0 Å². The summed E-state index contributed by atoms with van der Waals surface area (Å²) in [5.74, 6) is -0.615. The molecule has 0 fully saturated rings. The van der Waals surface area contributed by atoms with Crippen LogP contribution in [0.5, 0.6) is 0 Å². The average molecular weight is 378 g/mol. The molecule has 0 saturated carbocycles. The van der Waals surface area contributed by atoms with Crippen LogP contribution in [0.1, 0.15) is 27.0 Å². The minimum atomic E-state index is -0.615. The Labute approximate surface area is 153 Å². The normalized spacial score (nSPS) is 10.9. The van der Waals surface area contributed by atoms with Crippen molar-refractivity contribution in [1.29, 1.82) is 0 Å². The maximum absolute atomic E-state index is 12.2. The van der Waals surface area contributed by atoms with Crippen LogP contribution >= 0.6 is 23.2 Å². The summed E-state index contributed by atoms with van der Waals surface area (Å²) in [7, 11) is 0. The molecule has 0 aliphatic heterocycles. The molecule has 0 radical (unpaired) electrons. The highest BCUT2D eigenvalue weighted by molar-refractivity contribution is 6.41. The van der Waals surface area contributed by atoms with E-state index in [0.717, 1.165) is 16.5 Å². The van der Waals surface area contributed by atoms with Gasteiger partial charge in [-0.05, 0) is 31.0 Å². The van der Waals surface area contributed by atoms with Crippen molar-refractivity contribution in [3.05, 3.63) is 73.3 Å². The maximum atomic E-state index is 12.2. The van der Waals surface area contributed by atoms with E-state index in [9.17, 15) is 9.59 Å². The molecule has 1 aromatic carbocycles. The van der Waals surface area contributed by atoms with Gasteiger partial charge < -0.3 is 9.15 Å². The lowest BCUT2D eigenvalue weighted by atomic mass is 10.0. The molecule has 7 heteroatoms. The van der Waals surface area contributed by atoms with Gasteiger partial charge in [0.15, 0.2) is 0 Å². The summed E-state index contributed by atoms with van der Waals surface area (Å²) in [5.41, 5.74) is 2.62. The van der Waals surface area contributed by atoms with Gasteiger partial charge in [-0.3, -0.25) is 0 Å². The predicted octanol–water partition coefficient (Wildman–Crippen LogP) is 4.47. The summed E-state index contributed by atoms with van der Waals surface area (Å²) >= 11 is 11.6. The van der Waals surface area contributed by atoms with Crippen LogP contribution in [0.4, 0.5) is 0 Å². The number of rotatable bonds is 3. The van der Waals surface area contributed by atoms with Gasteiger partial charge in [-0.15, -0.1) is 0 Å². The first-order chi connectivity index (χ1) is 11.9. The molecule has 0 spiro atoms. The van der Waals surface area contributed by atoms with E-state index in [1.807, 2.05) is 26.0 Å². The maximum Gasteiger partial charge on any atom is 0.340 e. The summed E-state index contributed by atoms with van der Waals surface area (Å²) in [6, 6.07) is 6.46. The van der Waals surface area contributed by atoms with Crippen molar-refractivity contribution in [3.8, 4) is 0 Å². The molecule has 0 amide bonds. The van der Waals surface area contributed by atoms with Crippen molar-refractivity contribution in [2.75, 3.05) is 0 Å². The van der Waals surface area contributed by atoms with Gasteiger partial charge in [-0.1, -0.05) is 35.3 Å². The number of nitrogens with zero attached hydrogens (tertiary/aromatic N) is 1. The molecule has 2 heterocycles. The van der Waals surface area contributed by atoms with Gasteiger partial charge in [0.1, 0.15) is 17.3 Å². The topological polar surface area (TPSA) is 69.4 Å². The number of aromatic nitrogens is 1. The molecular formula is C18H13Cl2NO4. The Hall–Kier alpha value is -2.37. The zero-order valence-corrected chi connectivity index (χ0v) is 14.9. The van der Waals surface area contributed by atoms with E-state index < -0.39 is 11.6 Å². The molecule has 0 bridgehead atoms. The van der Waals surface area contributed by atoms with Crippen LogP contribution in [0.15, 0.2) is 39.7 Å².